The van der Waals surface area contributed by atoms with E-state index in [4.69, 9.17) is 17.3 Å². The van der Waals surface area contributed by atoms with Crippen molar-refractivity contribution < 1.29 is 9.90 Å². The minimum atomic E-state index is -0.629. The van der Waals surface area contributed by atoms with Crippen LogP contribution in [0.15, 0.2) is 47.5 Å². The molecule has 3 rings (SSSR count). The standard InChI is InChI=1S/C19H17ClN4O2/c1-11-5-6-13(16(25)7-11)10-22-19-17(18(21)26)15(23-24-19)9-12-3-2-4-14(20)8-12/h2-8,10,25H,9H2,1H3,(H2,21,26)(H,23,24). The maximum Gasteiger partial charge on any atom is 0.254 e. The molecule has 7 heteroatoms. The molecule has 6 nitrogen and oxygen atoms in total. The zero-order valence-electron chi connectivity index (χ0n) is 14.0. The van der Waals surface area contributed by atoms with Crippen molar-refractivity contribution in [3.8, 4) is 5.75 Å². The molecule has 26 heavy (non-hydrogen) atoms. The molecule has 1 aromatic heterocycles. The van der Waals surface area contributed by atoms with Crippen molar-refractivity contribution in [3.63, 3.8) is 0 Å². The van der Waals surface area contributed by atoms with Gasteiger partial charge in [-0.2, -0.15) is 5.10 Å². The fourth-order valence-corrected chi connectivity index (χ4v) is 2.80. The van der Waals surface area contributed by atoms with Gasteiger partial charge in [0, 0.05) is 23.2 Å². The van der Waals surface area contributed by atoms with Crippen molar-refractivity contribution in [2.75, 3.05) is 0 Å². The summed E-state index contributed by atoms with van der Waals surface area (Å²) < 4.78 is 0. The number of aliphatic imine (C=N–C) groups is 1. The van der Waals surface area contributed by atoms with Gasteiger partial charge in [0.2, 0.25) is 0 Å². The van der Waals surface area contributed by atoms with Crippen molar-refractivity contribution in [1.29, 1.82) is 0 Å². The monoisotopic (exact) mass is 368 g/mol. The van der Waals surface area contributed by atoms with E-state index in [1.54, 1.807) is 24.3 Å². The molecule has 0 saturated heterocycles. The number of hydrogen-bond acceptors (Lipinski definition) is 4. The Morgan fingerprint density at radius 1 is 1.35 bits per heavy atom. The van der Waals surface area contributed by atoms with Crippen LogP contribution in [0.3, 0.4) is 0 Å². The van der Waals surface area contributed by atoms with E-state index >= 15 is 0 Å². The van der Waals surface area contributed by atoms with Crippen molar-refractivity contribution in [2.24, 2.45) is 10.7 Å². The molecule has 0 saturated carbocycles. The lowest BCUT2D eigenvalue weighted by atomic mass is 10.1. The maximum absolute atomic E-state index is 11.9. The van der Waals surface area contributed by atoms with Crippen LogP contribution in [0.1, 0.15) is 32.7 Å². The molecular formula is C19H17ClN4O2. The van der Waals surface area contributed by atoms with E-state index in [1.807, 2.05) is 25.1 Å². The topological polar surface area (TPSA) is 104 Å². The van der Waals surface area contributed by atoms with Gasteiger partial charge in [0.1, 0.15) is 11.3 Å². The largest absolute Gasteiger partial charge is 0.507 e. The second-order valence-corrected chi connectivity index (χ2v) is 6.33. The van der Waals surface area contributed by atoms with Gasteiger partial charge >= 0.3 is 0 Å². The number of phenolic OH excluding ortho intramolecular Hbond substituents is 1. The van der Waals surface area contributed by atoms with E-state index in [1.165, 1.54) is 6.21 Å². The van der Waals surface area contributed by atoms with Gasteiger partial charge in [-0.1, -0.05) is 29.8 Å². The normalized spacial score (nSPS) is 11.2. The number of halogens is 1. The van der Waals surface area contributed by atoms with E-state index in [2.05, 4.69) is 15.2 Å². The number of carbonyl (C=O) groups excluding carboxylic acids is 1. The lowest BCUT2D eigenvalue weighted by molar-refractivity contribution is 0.100. The molecule has 1 amide bonds. The summed E-state index contributed by atoms with van der Waals surface area (Å²) >= 11 is 6.00. The summed E-state index contributed by atoms with van der Waals surface area (Å²) in [4.78, 5) is 16.1. The fraction of sp³-hybridized carbons (Fsp3) is 0.105. The number of aromatic nitrogens is 2. The zero-order chi connectivity index (χ0) is 18.7. The molecule has 0 spiro atoms. The Bertz CT molecular complexity index is 995. The molecular weight excluding hydrogens is 352 g/mol. The van der Waals surface area contributed by atoms with E-state index in [0.29, 0.717) is 22.7 Å². The Kier molecular flexibility index (Phi) is 5.04. The number of aryl methyl sites for hydroxylation is 1. The average Bonchev–Trinajstić information content (AvgIpc) is 2.97. The lowest BCUT2D eigenvalue weighted by Gasteiger charge is -2.02. The lowest BCUT2D eigenvalue weighted by Crippen LogP contribution is -2.13. The van der Waals surface area contributed by atoms with E-state index in [9.17, 15) is 9.90 Å². The number of benzene rings is 2. The first-order chi connectivity index (χ1) is 12.4. The van der Waals surface area contributed by atoms with Crippen LogP contribution in [0.2, 0.25) is 5.02 Å². The number of primary amides is 1. The smallest absolute Gasteiger partial charge is 0.254 e. The Morgan fingerprint density at radius 3 is 2.85 bits per heavy atom. The van der Waals surface area contributed by atoms with Crippen LogP contribution in [0.5, 0.6) is 5.75 Å². The number of carbonyl (C=O) groups is 1. The molecule has 0 aliphatic carbocycles. The number of nitrogens with one attached hydrogen (secondary N) is 1. The minimum Gasteiger partial charge on any atom is -0.507 e. The third-order valence-electron chi connectivity index (χ3n) is 3.85. The number of rotatable bonds is 5. The van der Waals surface area contributed by atoms with Gasteiger partial charge in [-0.15, -0.1) is 0 Å². The molecule has 3 aromatic rings. The number of nitrogens with zero attached hydrogens (tertiary/aromatic N) is 2. The van der Waals surface area contributed by atoms with Crippen molar-refractivity contribution in [3.05, 3.63) is 75.4 Å². The first-order valence-electron chi connectivity index (χ1n) is 7.89. The predicted octanol–water partition coefficient (Wildman–Crippen LogP) is 3.52. The van der Waals surface area contributed by atoms with E-state index < -0.39 is 5.91 Å². The number of amides is 1. The van der Waals surface area contributed by atoms with Crippen LogP contribution in [-0.2, 0) is 6.42 Å². The number of aromatic hydroxyl groups is 1. The Labute approximate surface area is 155 Å². The van der Waals surface area contributed by atoms with Crippen LogP contribution >= 0.6 is 11.6 Å². The number of H-pyrrole nitrogens is 1. The van der Waals surface area contributed by atoms with Crippen LogP contribution in [0.4, 0.5) is 5.82 Å². The van der Waals surface area contributed by atoms with Crippen molar-refractivity contribution in [2.45, 2.75) is 13.3 Å². The SMILES string of the molecule is Cc1ccc(C=Nc2n[nH]c(Cc3cccc(Cl)c3)c2C(N)=O)c(O)c1. The zero-order valence-corrected chi connectivity index (χ0v) is 14.8. The molecule has 0 unspecified atom stereocenters. The molecule has 0 radical (unpaired) electrons. The van der Waals surface area contributed by atoms with Gasteiger partial charge in [-0.05, 0) is 42.3 Å². The van der Waals surface area contributed by atoms with Crippen LogP contribution in [0.25, 0.3) is 0 Å². The first kappa shape index (κ1) is 17.7. The summed E-state index contributed by atoms with van der Waals surface area (Å²) in [6.07, 6.45) is 1.86. The van der Waals surface area contributed by atoms with Gasteiger partial charge < -0.3 is 10.8 Å². The highest BCUT2D eigenvalue weighted by molar-refractivity contribution is 6.30. The molecule has 0 bridgehead atoms. The Balaban J connectivity index is 1.92. The summed E-state index contributed by atoms with van der Waals surface area (Å²) in [5.74, 6) is -0.352. The van der Waals surface area contributed by atoms with E-state index in [-0.39, 0.29) is 17.1 Å². The Hall–Kier alpha value is -3.12. The molecule has 4 N–H and O–H groups in total. The summed E-state index contributed by atoms with van der Waals surface area (Å²) in [6, 6.07) is 12.5. The van der Waals surface area contributed by atoms with Crippen molar-refractivity contribution >= 4 is 29.5 Å². The first-order valence-corrected chi connectivity index (χ1v) is 8.27. The summed E-state index contributed by atoms with van der Waals surface area (Å²) in [6.45, 7) is 1.88. The van der Waals surface area contributed by atoms with Gasteiger partial charge in [-0.3, -0.25) is 9.89 Å². The molecule has 132 valence electrons. The van der Waals surface area contributed by atoms with Gasteiger partial charge in [0.05, 0.1) is 5.69 Å². The molecule has 0 aliphatic rings. The third kappa shape index (κ3) is 3.92. The fourth-order valence-electron chi connectivity index (χ4n) is 2.59. The second kappa shape index (κ2) is 7.41. The van der Waals surface area contributed by atoms with Gasteiger partial charge in [0.25, 0.3) is 5.91 Å². The van der Waals surface area contributed by atoms with Gasteiger partial charge in [-0.25, -0.2) is 4.99 Å². The highest BCUT2D eigenvalue weighted by Crippen LogP contribution is 2.24. The summed E-state index contributed by atoms with van der Waals surface area (Å²) in [5.41, 5.74) is 8.65. The number of nitrogens with two attached hydrogens (primary N) is 1. The molecule has 1 heterocycles. The summed E-state index contributed by atoms with van der Waals surface area (Å²) in [7, 11) is 0. The third-order valence-corrected chi connectivity index (χ3v) is 4.09. The quantitative estimate of drug-likeness (QED) is 0.600. The molecule has 0 fully saturated rings. The average molecular weight is 369 g/mol. The van der Waals surface area contributed by atoms with Crippen molar-refractivity contribution in [1.82, 2.24) is 10.2 Å². The Morgan fingerprint density at radius 2 is 2.15 bits per heavy atom. The molecule has 0 aliphatic heterocycles. The minimum absolute atomic E-state index is 0.101. The van der Waals surface area contributed by atoms with Gasteiger partial charge in [0.15, 0.2) is 5.82 Å². The number of aromatic amines is 1. The summed E-state index contributed by atoms with van der Waals surface area (Å²) in [5, 5.41) is 17.5. The second-order valence-electron chi connectivity index (χ2n) is 5.89. The molecule has 2 aromatic carbocycles. The maximum atomic E-state index is 11.9. The highest BCUT2D eigenvalue weighted by Gasteiger charge is 2.18. The van der Waals surface area contributed by atoms with Crippen LogP contribution < -0.4 is 5.73 Å². The predicted molar refractivity (Wildman–Crippen MR) is 101 cm³/mol. The highest BCUT2D eigenvalue weighted by atomic mass is 35.5. The van der Waals surface area contributed by atoms with Crippen LogP contribution in [-0.4, -0.2) is 27.4 Å². The molecule has 0 atom stereocenters. The number of phenols is 1. The van der Waals surface area contributed by atoms with Crippen LogP contribution in [0, 0.1) is 6.92 Å². The number of hydrogen-bond donors (Lipinski definition) is 3. The van der Waals surface area contributed by atoms with E-state index in [0.717, 1.165) is 11.1 Å².